The molecule has 0 saturated heterocycles. The smallest absolute Gasteiger partial charge is 0.251 e. The number of imidazole rings is 1. The first-order valence-electron chi connectivity index (χ1n) is 8.32. The summed E-state index contributed by atoms with van der Waals surface area (Å²) in [5.41, 5.74) is 1.50. The molecule has 3 aromatic rings. The molecule has 7 heteroatoms. The van der Waals surface area contributed by atoms with Gasteiger partial charge in [-0.3, -0.25) is 4.79 Å². The number of hydrogen-bond acceptors (Lipinski definition) is 4. The summed E-state index contributed by atoms with van der Waals surface area (Å²) in [5, 5.41) is 2.78. The minimum absolute atomic E-state index is 0.202. The molecule has 0 spiro atoms. The lowest BCUT2D eigenvalue weighted by Gasteiger charge is -2.11. The molecule has 0 unspecified atom stereocenters. The molecule has 0 fully saturated rings. The maximum absolute atomic E-state index is 14.4. The molecule has 2 aromatic carbocycles. The molecule has 0 bridgehead atoms. The van der Waals surface area contributed by atoms with Crippen LogP contribution in [0.5, 0.6) is 11.5 Å². The van der Waals surface area contributed by atoms with Crippen LogP contribution in [0.25, 0.3) is 5.69 Å². The third-order valence-corrected chi connectivity index (χ3v) is 4.20. The van der Waals surface area contributed by atoms with E-state index in [4.69, 9.17) is 9.47 Å². The lowest BCUT2D eigenvalue weighted by molar-refractivity contribution is 0.0950. The number of halogens is 1. The fourth-order valence-corrected chi connectivity index (χ4v) is 2.75. The van der Waals surface area contributed by atoms with E-state index >= 15 is 0 Å². The molecular formula is C20H20FN3O3. The fraction of sp³-hybridized carbons (Fsp3) is 0.200. The highest BCUT2D eigenvalue weighted by atomic mass is 19.1. The first-order valence-corrected chi connectivity index (χ1v) is 8.32. The van der Waals surface area contributed by atoms with E-state index in [9.17, 15) is 9.18 Å². The van der Waals surface area contributed by atoms with Gasteiger partial charge in [-0.15, -0.1) is 0 Å². The van der Waals surface area contributed by atoms with E-state index in [2.05, 4.69) is 10.3 Å². The largest absolute Gasteiger partial charge is 0.493 e. The molecule has 1 N–H and O–H groups in total. The van der Waals surface area contributed by atoms with E-state index in [1.54, 1.807) is 54.2 Å². The van der Waals surface area contributed by atoms with E-state index in [0.717, 1.165) is 0 Å². The molecule has 6 nitrogen and oxygen atoms in total. The Kier molecular flexibility index (Phi) is 5.40. The second kappa shape index (κ2) is 7.90. The third-order valence-electron chi connectivity index (χ3n) is 4.20. The highest BCUT2D eigenvalue weighted by Crippen LogP contribution is 2.27. The van der Waals surface area contributed by atoms with Crippen molar-refractivity contribution in [2.45, 2.75) is 13.5 Å². The molecule has 0 aliphatic carbocycles. The van der Waals surface area contributed by atoms with Crippen LogP contribution in [0.4, 0.5) is 4.39 Å². The van der Waals surface area contributed by atoms with E-state index in [-0.39, 0.29) is 18.3 Å². The zero-order valence-electron chi connectivity index (χ0n) is 15.3. The summed E-state index contributed by atoms with van der Waals surface area (Å²) in [7, 11) is 3.03. The third kappa shape index (κ3) is 3.92. The molecule has 140 valence electrons. The van der Waals surface area contributed by atoms with Gasteiger partial charge in [-0.1, -0.05) is 6.07 Å². The number of rotatable bonds is 6. The summed E-state index contributed by atoms with van der Waals surface area (Å²) >= 11 is 0. The van der Waals surface area contributed by atoms with Gasteiger partial charge in [-0.2, -0.15) is 0 Å². The number of benzene rings is 2. The van der Waals surface area contributed by atoms with Crippen LogP contribution in [0.2, 0.25) is 0 Å². The van der Waals surface area contributed by atoms with Crippen LogP contribution in [0, 0.1) is 12.7 Å². The predicted molar refractivity (Wildman–Crippen MR) is 99.0 cm³/mol. The number of carbonyl (C=O) groups is 1. The number of aryl methyl sites for hydroxylation is 1. The van der Waals surface area contributed by atoms with Crippen molar-refractivity contribution in [1.29, 1.82) is 0 Å². The lowest BCUT2D eigenvalue weighted by atomic mass is 10.1. The van der Waals surface area contributed by atoms with Crippen LogP contribution in [0.15, 0.2) is 48.8 Å². The normalized spacial score (nSPS) is 10.5. The van der Waals surface area contributed by atoms with Gasteiger partial charge in [-0.05, 0) is 42.8 Å². The second-order valence-corrected chi connectivity index (χ2v) is 5.88. The minimum Gasteiger partial charge on any atom is -0.493 e. The van der Waals surface area contributed by atoms with Crippen molar-refractivity contribution < 1.29 is 18.7 Å². The molecule has 0 aliphatic rings. The lowest BCUT2D eigenvalue weighted by Crippen LogP contribution is -2.23. The number of nitrogens with zero attached hydrogens (tertiary/aromatic N) is 2. The van der Waals surface area contributed by atoms with Crippen molar-refractivity contribution in [3.63, 3.8) is 0 Å². The van der Waals surface area contributed by atoms with Gasteiger partial charge in [0, 0.05) is 24.5 Å². The Morgan fingerprint density at radius 1 is 1.15 bits per heavy atom. The van der Waals surface area contributed by atoms with Crippen molar-refractivity contribution in [1.82, 2.24) is 14.9 Å². The van der Waals surface area contributed by atoms with E-state index < -0.39 is 0 Å². The van der Waals surface area contributed by atoms with Gasteiger partial charge in [0.1, 0.15) is 11.6 Å². The summed E-state index contributed by atoms with van der Waals surface area (Å²) in [5.74, 6) is 1.04. The molecule has 0 atom stereocenters. The summed E-state index contributed by atoms with van der Waals surface area (Å²) in [4.78, 5) is 16.5. The zero-order chi connectivity index (χ0) is 19.4. The van der Waals surface area contributed by atoms with Gasteiger partial charge < -0.3 is 19.4 Å². The van der Waals surface area contributed by atoms with Crippen molar-refractivity contribution in [3.05, 3.63) is 71.6 Å². The van der Waals surface area contributed by atoms with Gasteiger partial charge in [0.15, 0.2) is 11.5 Å². The standard InChI is InChI=1S/C20H20FN3O3/c1-13-22-8-9-24(13)17-6-4-14(10-16(17)21)12-23-20(25)15-5-7-18(26-2)19(11-15)27-3/h4-11H,12H2,1-3H3,(H,23,25). The second-order valence-electron chi connectivity index (χ2n) is 5.88. The minimum atomic E-state index is -0.381. The van der Waals surface area contributed by atoms with Gasteiger partial charge >= 0.3 is 0 Å². The Morgan fingerprint density at radius 3 is 2.56 bits per heavy atom. The van der Waals surface area contributed by atoms with Gasteiger partial charge in [0.25, 0.3) is 5.91 Å². The monoisotopic (exact) mass is 369 g/mol. The first kappa shape index (κ1) is 18.4. The van der Waals surface area contributed by atoms with Gasteiger partial charge in [0.05, 0.1) is 19.9 Å². The Morgan fingerprint density at radius 2 is 1.93 bits per heavy atom. The molecule has 0 radical (unpaired) electrons. The average Bonchev–Trinajstić information content (AvgIpc) is 3.11. The number of hydrogen-bond donors (Lipinski definition) is 1. The topological polar surface area (TPSA) is 65.4 Å². The Labute approximate surface area is 156 Å². The fourth-order valence-electron chi connectivity index (χ4n) is 2.75. The Bertz CT molecular complexity index is 969. The van der Waals surface area contributed by atoms with Crippen molar-refractivity contribution in [3.8, 4) is 17.2 Å². The first-order chi connectivity index (χ1) is 13.0. The van der Waals surface area contributed by atoms with Crippen LogP contribution in [-0.2, 0) is 6.54 Å². The van der Waals surface area contributed by atoms with Gasteiger partial charge in [0.2, 0.25) is 0 Å². The highest BCUT2D eigenvalue weighted by Gasteiger charge is 2.12. The van der Waals surface area contributed by atoms with Crippen molar-refractivity contribution >= 4 is 5.91 Å². The summed E-state index contributed by atoms with van der Waals surface area (Å²) in [6.07, 6.45) is 3.32. The number of ether oxygens (including phenoxy) is 2. The number of nitrogens with one attached hydrogen (secondary N) is 1. The van der Waals surface area contributed by atoms with E-state index in [1.165, 1.54) is 20.3 Å². The maximum atomic E-state index is 14.4. The quantitative estimate of drug-likeness (QED) is 0.724. The number of carbonyl (C=O) groups excluding carboxylic acids is 1. The maximum Gasteiger partial charge on any atom is 0.251 e. The molecule has 0 saturated carbocycles. The molecule has 0 aliphatic heterocycles. The Hall–Kier alpha value is -3.35. The average molecular weight is 369 g/mol. The van der Waals surface area contributed by atoms with Gasteiger partial charge in [-0.25, -0.2) is 9.37 Å². The highest BCUT2D eigenvalue weighted by molar-refractivity contribution is 5.94. The summed E-state index contributed by atoms with van der Waals surface area (Å²) < 4.78 is 26.5. The van der Waals surface area contributed by atoms with Crippen molar-refractivity contribution in [2.24, 2.45) is 0 Å². The number of aromatic nitrogens is 2. The summed E-state index contributed by atoms with van der Waals surface area (Å²) in [6, 6.07) is 9.75. The Balaban J connectivity index is 1.71. The van der Waals surface area contributed by atoms with Crippen LogP contribution in [-0.4, -0.2) is 29.7 Å². The molecule has 3 rings (SSSR count). The SMILES string of the molecule is COc1ccc(C(=O)NCc2ccc(-n3ccnc3C)c(F)c2)cc1OC. The van der Waals surface area contributed by atoms with E-state index in [1.807, 2.05) is 0 Å². The zero-order valence-corrected chi connectivity index (χ0v) is 15.3. The molecule has 1 amide bonds. The van der Waals surface area contributed by atoms with Crippen LogP contribution in [0.1, 0.15) is 21.7 Å². The molecular weight excluding hydrogens is 349 g/mol. The molecule has 27 heavy (non-hydrogen) atoms. The van der Waals surface area contributed by atoms with E-state index in [0.29, 0.717) is 34.1 Å². The number of methoxy groups -OCH3 is 2. The van der Waals surface area contributed by atoms with Crippen LogP contribution >= 0.6 is 0 Å². The summed E-state index contributed by atoms with van der Waals surface area (Å²) in [6.45, 7) is 2.00. The van der Waals surface area contributed by atoms with Crippen LogP contribution in [0.3, 0.4) is 0 Å². The van der Waals surface area contributed by atoms with Crippen molar-refractivity contribution in [2.75, 3.05) is 14.2 Å². The van der Waals surface area contributed by atoms with Crippen LogP contribution < -0.4 is 14.8 Å². The molecule has 1 aromatic heterocycles. The molecule has 1 heterocycles. The number of amides is 1. The predicted octanol–water partition coefficient (Wildman–Crippen LogP) is 3.27.